The van der Waals surface area contributed by atoms with Crippen molar-refractivity contribution in [2.45, 2.75) is 19.5 Å². The quantitative estimate of drug-likeness (QED) is 0.760. The Morgan fingerprint density at radius 2 is 2.36 bits per heavy atom. The number of imidazole rings is 1. The molecule has 0 aromatic carbocycles. The van der Waals surface area contributed by atoms with Crippen molar-refractivity contribution in [3.63, 3.8) is 0 Å². The monoisotopic (exact) mass is 194 g/mol. The Labute approximate surface area is 84.7 Å². The van der Waals surface area contributed by atoms with Crippen molar-refractivity contribution in [1.82, 2.24) is 14.5 Å². The molecule has 0 radical (unpaired) electrons. The van der Waals surface area contributed by atoms with Gasteiger partial charge in [0.2, 0.25) is 0 Å². The van der Waals surface area contributed by atoms with E-state index in [0.29, 0.717) is 0 Å². The Morgan fingerprint density at radius 1 is 1.64 bits per heavy atom. The second-order valence-corrected chi connectivity index (χ2v) is 4.35. The molecule has 0 bridgehead atoms. The van der Waals surface area contributed by atoms with Crippen LogP contribution in [0.4, 0.5) is 0 Å². The Kier molecular flexibility index (Phi) is 2.56. The van der Waals surface area contributed by atoms with Crippen molar-refractivity contribution < 1.29 is 0 Å². The van der Waals surface area contributed by atoms with Crippen LogP contribution in [0.2, 0.25) is 0 Å². The summed E-state index contributed by atoms with van der Waals surface area (Å²) >= 11 is 0. The number of hydrogen-bond donors (Lipinski definition) is 1. The van der Waals surface area contributed by atoms with Crippen LogP contribution in [0.15, 0.2) is 12.5 Å². The van der Waals surface area contributed by atoms with Gasteiger partial charge < -0.3 is 15.2 Å². The smallest absolute Gasteiger partial charge is 0.0948 e. The van der Waals surface area contributed by atoms with Gasteiger partial charge in [-0.25, -0.2) is 4.98 Å². The molecular weight excluding hydrogens is 176 g/mol. The molecular formula is C10H18N4. The topological polar surface area (TPSA) is 47.1 Å². The molecule has 0 saturated carbocycles. The first-order chi connectivity index (χ1) is 6.66. The predicted octanol–water partition coefficient (Wildman–Crippen LogP) is 0.464. The minimum Gasteiger partial charge on any atom is -0.333 e. The number of nitrogens with zero attached hydrogens (tertiary/aromatic N) is 3. The zero-order chi connectivity index (χ0) is 10.1. The van der Waals surface area contributed by atoms with E-state index in [1.807, 2.05) is 19.4 Å². The third-order valence-electron chi connectivity index (χ3n) is 2.81. The fourth-order valence-corrected chi connectivity index (χ4v) is 2.08. The van der Waals surface area contributed by atoms with Crippen molar-refractivity contribution >= 4 is 0 Å². The molecule has 1 aliphatic rings. The Morgan fingerprint density at radius 3 is 2.93 bits per heavy atom. The predicted molar refractivity (Wildman–Crippen MR) is 55.8 cm³/mol. The van der Waals surface area contributed by atoms with Gasteiger partial charge in [-0.3, -0.25) is 0 Å². The van der Waals surface area contributed by atoms with Crippen molar-refractivity contribution in [3.05, 3.63) is 18.2 Å². The highest BCUT2D eigenvalue weighted by Crippen LogP contribution is 2.17. The van der Waals surface area contributed by atoms with Crippen LogP contribution in [0.1, 0.15) is 18.7 Å². The SMILES string of the molecule is C[C@H](N)c1cncn1CC1CN(C)C1. The van der Waals surface area contributed by atoms with Crippen molar-refractivity contribution in [2.75, 3.05) is 20.1 Å². The largest absolute Gasteiger partial charge is 0.333 e. The van der Waals surface area contributed by atoms with E-state index in [2.05, 4.69) is 21.5 Å². The number of nitrogens with two attached hydrogens (primary N) is 1. The van der Waals surface area contributed by atoms with Crippen LogP contribution in [0, 0.1) is 5.92 Å². The average Bonchev–Trinajstić information content (AvgIpc) is 2.49. The van der Waals surface area contributed by atoms with Crippen LogP contribution in [0.5, 0.6) is 0 Å². The molecule has 4 heteroatoms. The molecule has 1 fully saturated rings. The Hall–Kier alpha value is -0.870. The number of rotatable bonds is 3. The van der Waals surface area contributed by atoms with Crippen LogP contribution < -0.4 is 5.73 Å². The van der Waals surface area contributed by atoms with E-state index in [0.717, 1.165) is 18.2 Å². The minimum atomic E-state index is 0.0790. The second kappa shape index (κ2) is 3.71. The van der Waals surface area contributed by atoms with Gasteiger partial charge in [-0.05, 0) is 14.0 Å². The third kappa shape index (κ3) is 1.81. The number of likely N-dealkylation sites (tertiary alicyclic amines) is 1. The highest BCUT2D eigenvalue weighted by atomic mass is 15.2. The molecule has 1 aromatic rings. The van der Waals surface area contributed by atoms with E-state index in [4.69, 9.17) is 5.73 Å². The first kappa shape index (κ1) is 9.68. The lowest BCUT2D eigenvalue weighted by molar-refractivity contribution is 0.118. The molecule has 1 aliphatic heterocycles. The average molecular weight is 194 g/mol. The molecule has 14 heavy (non-hydrogen) atoms. The van der Waals surface area contributed by atoms with Gasteiger partial charge in [0.05, 0.1) is 12.0 Å². The Bertz CT molecular complexity index is 299. The molecule has 2 N–H and O–H groups in total. The summed E-state index contributed by atoms with van der Waals surface area (Å²) in [6.45, 7) is 5.44. The molecule has 2 rings (SSSR count). The summed E-state index contributed by atoms with van der Waals surface area (Å²) in [6.07, 6.45) is 3.75. The molecule has 0 unspecified atom stereocenters. The molecule has 0 amide bonds. The van der Waals surface area contributed by atoms with E-state index in [9.17, 15) is 0 Å². The van der Waals surface area contributed by atoms with E-state index < -0.39 is 0 Å². The van der Waals surface area contributed by atoms with Crippen LogP contribution >= 0.6 is 0 Å². The van der Waals surface area contributed by atoms with Gasteiger partial charge in [-0.15, -0.1) is 0 Å². The lowest BCUT2D eigenvalue weighted by Gasteiger charge is -2.36. The normalized spacial score (nSPS) is 20.8. The van der Waals surface area contributed by atoms with Crippen LogP contribution in [-0.4, -0.2) is 34.6 Å². The fraction of sp³-hybridized carbons (Fsp3) is 0.700. The lowest BCUT2D eigenvalue weighted by Crippen LogP contribution is -2.45. The summed E-state index contributed by atoms with van der Waals surface area (Å²) in [5.41, 5.74) is 6.99. The van der Waals surface area contributed by atoms with Crippen LogP contribution in [-0.2, 0) is 6.54 Å². The zero-order valence-corrected chi connectivity index (χ0v) is 8.85. The molecule has 2 heterocycles. The zero-order valence-electron chi connectivity index (χ0n) is 8.85. The highest BCUT2D eigenvalue weighted by molar-refractivity contribution is 5.03. The summed E-state index contributed by atoms with van der Waals surface area (Å²) in [5, 5.41) is 0. The first-order valence-electron chi connectivity index (χ1n) is 5.11. The summed E-state index contributed by atoms with van der Waals surface area (Å²) < 4.78 is 2.18. The van der Waals surface area contributed by atoms with Gasteiger partial charge in [0, 0.05) is 37.8 Å². The maximum atomic E-state index is 5.85. The minimum absolute atomic E-state index is 0.0790. The summed E-state index contributed by atoms with van der Waals surface area (Å²) in [5.74, 6) is 0.770. The van der Waals surface area contributed by atoms with Crippen molar-refractivity contribution in [1.29, 1.82) is 0 Å². The van der Waals surface area contributed by atoms with E-state index >= 15 is 0 Å². The highest BCUT2D eigenvalue weighted by Gasteiger charge is 2.24. The van der Waals surface area contributed by atoms with E-state index in [-0.39, 0.29) is 6.04 Å². The van der Waals surface area contributed by atoms with Gasteiger partial charge in [-0.1, -0.05) is 0 Å². The first-order valence-corrected chi connectivity index (χ1v) is 5.11. The van der Waals surface area contributed by atoms with Crippen LogP contribution in [0.3, 0.4) is 0 Å². The Balaban J connectivity index is 1.98. The molecule has 1 atom stereocenters. The molecule has 0 aliphatic carbocycles. The van der Waals surface area contributed by atoms with Gasteiger partial charge in [0.15, 0.2) is 0 Å². The number of hydrogen-bond acceptors (Lipinski definition) is 3. The van der Waals surface area contributed by atoms with Gasteiger partial charge >= 0.3 is 0 Å². The summed E-state index contributed by atoms with van der Waals surface area (Å²) in [7, 11) is 2.15. The maximum Gasteiger partial charge on any atom is 0.0948 e. The van der Waals surface area contributed by atoms with Gasteiger partial charge in [0.25, 0.3) is 0 Å². The van der Waals surface area contributed by atoms with Gasteiger partial charge in [0.1, 0.15) is 0 Å². The van der Waals surface area contributed by atoms with Crippen molar-refractivity contribution in [3.8, 4) is 0 Å². The van der Waals surface area contributed by atoms with Crippen LogP contribution in [0.25, 0.3) is 0 Å². The van der Waals surface area contributed by atoms with E-state index in [1.165, 1.54) is 13.1 Å². The lowest BCUT2D eigenvalue weighted by atomic mass is 10.0. The van der Waals surface area contributed by atoms with Gasteiger partial charge in [-0.2, -0.15) is 0 Å². The summed E-state index contributed by atoms with van der Waals surface area (Å²) in [6, 6.07) is 0.0790. The van der Waals surface area contributed by atoms with Crippen molar-refractivity contribution in [2.24, 2.45) is 11.7 Å². The molecule has 1 aromatic heterocycles. The standard InChI is InChI=1S/C10H18N4/c1-8(11)10-3-12-7-14(10)6-9-4-13(2)5-9/h3,7-9H,4-6,11H2,1-2H3/t8-/m0/s1. The molecule has 0 spiro atoms. The molecule has 78 valence electrons. The fourth-order valence-electron chi connectivity index (χ4n) is 2.08. The maximum absolute atomic E-state index is 5.85. The number of aromatic nitrogens is 2. The summed E-state index contributed by atoms with van der Waals surface area (Å²) in [4.78, 5) is 6.47. The van der Waals surface area contributed by atoms with E-state index in [1.54, 1.807) is 0 Å². The third-order valence-corrected chi connectivity index (χ3v) is 2.81. The molecule has 4 nitrogen and oxygen atoms in total. The second-order valence-electron chi connectivity index (χ2n) is 4.35. The molecule has 1 saturated heterocycles.